The molecule has 3 atom stereocenters. The molecular weight excluding hydrogens is 519 g/mol. The summed E-state index contributed by atoms with van der Waals surface area (Å²) in [5, 5.41) is 11.0. The summed E-state index contributed by atoms with van der Waals surface area (Å²) in [4.78, 5) is 12.4. The molecule has 206 valence electrons. The van der Waals surface area contributed by atoms with Gasteiger partial charge < -0.3 is 19.3 Å². The summed E-state index contributed by atoms with van der Waals surface area (Å²) in [7, 11) is -0.852. The van der Waals surface area contributed by atoms with Crippen molar-refractivity contribution in [2.24, 2.45) is 0 Å². The van der Waals surface area contributed by atoms with Crippen LogP contribution in [0.5, 0.6) is 0 Å². The fraction of sp³-hybridized carbons (Fsp3) is 0.741. The highest BCUT2D eigenvalue weighted by Gasteiger charge is 2.41. The van der Waals surface area contributed by atoms with Gasteiger partial charge >= 0.3 is 11.5 Å². The molecule has 0 bridgehead atoms. The fourth-order valence-electron chi connectivity index (χ4n) is 3.96. The minimum atomic E-state index is -2.50. The number of hydrogen-bond acceptors (Lipinski definition) is 7. The molecular formula is C27H44ClO6PS. The van der Waals surface area contributed by atoms with Gasteiger partial charge in [-0.15, -0.1) is 0 Å². The molecule has 1 aromatic rings. The van der Waals surface area contributed by atoms with Gasteiger partial charge in [0.25, 0.3) is 0 Å². The molecule has 0 aromatic heterocycles. The molecule has 1 N–H and O–H groups in total. The Morgan fingerprint density at radius 3 is 2.31 bits per heavy atom. The average molecular weight is 563 g/mol. The summed E-state index contributed by atoms with van der Waals surface area (Å²) in [6.07, 6.45) is 11.4. The molecule has 0 amide bonds. The number of esters is 1. The van der Waals surface area contributed by atoms with Crippen molar-refractivity contribution in [3.63, 3.8) is 0 Å². The molecule has 0 spiro atoms. The third kappa shape index (κ3) is 14.3. The molecule has 6 nitrogen and oxygen atoms in total. The Morgan fingerprint density at radius 1 is 1.00 bits per heavy atom. The number of carbonyl (C=O) groups excluding carboxylic acids is 1. The number of halogens is 1. The monoisotopic (exact) mass is 562 g/mol. The van der Waals surface area contributed by atoms with Crippen molar-refractivity contribution >= 4 is 38.7 Å². The van der Waals surface area contributed by atoms with Crippen LogP contribution in [-0.2, 0) is 23.6 Å². The molecule has 0 fully saturated rings. The Kier molecular flexibility index (Phi) is 18.8. The number of rotatable bonds is 22. The first-order valence-electron chi connectivity index (χ1n) is 13.2. The average Bonchev–Trinajstić information content (AvgIpc) is 2.87. The summed E-state index contributed by atoms with van der Waals surface area (Å²) in [5.41, 5.74) is -1.39. The number of thiol groups is 1. The number of ether oxygens (including phenoxy) is 3. The minimum Gasteiger partial charge on any atom is -0.461 e. The third-order valence-corrected chi connectivity index (χ3v) is 7.21. The van der Waals surface area contributed by atoms with Gasteiger partial charge in [0.1, 0.15) is 0 Å². The highest BCUT2D eigenvalue weighted by molar-refractivity contribution is 7.80. The molecule has 0 saturated heterocycles. The highest BCUT2D eigenvalue weighted by atomic mass is 35.5. The Labute approximate surface area is 229 Å². The van der Waals surface area contributed by atoms with Gasteiger partial charge in [0.15, 0.2) is 0 Å². The fourth-order valence-corrected chi connectivity index (χ4v) is 4.60. The van der Waals surface area contributed by atoms with Crippen molar-refractivity contribution in [1.29, 1.82) is 0 Å². The van der Waals surface area contributed by atoms with Crippen LogP contribution in [0.1, 0.15) is 96.0 Å². The maximum Gasteiger partial charge on any atom is 0.379 e. The van der Waals surface area contributed by atoms with Crippen LogP contribution in [0.3, 0.4) is 0 Å². The SMILES string of the molecule is CCCC(CCOC(=O)C(O)(OCCCOC(C)CCCCCCCCS)P=O)c1ccc(Cl)cc1. The van der Waals surface area contributed by atoms with E-state index < -0.39 is 20.0 Å². The lowest BCUT2D eigenvalue weighted by molar-refractivity contribution is -0.196. The van der Waals surface area contributed by atoms with E-state index in [-0.39, 0.29) is 25.2 Å². The minimum absolute atomic E-state index is 0.0297. The molecule has 0 radical (unpaired) electrons. The van der Waals surface area contributed by atoms with Crippen LogP contribution in [0.2, 0.25) is 5.02 Å². The molecule has 1 aromatic carbocycles. The van der Waals surface area contributed by atoms with Crippen molar-refractivity contribution in [2.75, 3.05) is 25.6 Å². The van der Waals surface area contributed by atoms with Crippen LogP contribution in [0, 0.1) is 0 Å². The van der Waals surface area contributed by atoms with Gasteiger partial charge in [-0.2, -0.15) is 12.6 Å². The molecule has 36 heavy (non-hydrogen) atoms. The summed E-state index contributed by atoms with van der Waals surface area (Å²) >= 11 is 10.2. The van der Waals surface area contributed by atoms with Gasteiger partial charge in [-0.25, -0.2) is 4.79 Å². The molecule has 9 heteroatoms. The lowest BCUT2D eigenvalue weighted by atomic mass is 9.92. The van der Waals surface area contributed by atoms with Crippen molar-refractivity contribution in [2.45, 2.75) is 102 Å². The van der Waals surface area contributed by atoms with E-state index in [0.717, 1.165) is 37.0 Å². The zero-order chi connectivity index (χ0) is 26.7. The molecule has 3 unspecified atom stereocenters. The smallest absolute Gasteiger partial charge is 0.379 e. The highest BCUT2D eigenvalue weighted by Crippen LogP contribution is 2.28. The van der Waals surface area contributed by atoms with E-state index in [0.29, 0.717) is 24.5 Å². The maximum atomic E-state index is 12.4. The first-order valence-corrected chi connectivity index (χ1v) is 15.0. The normalized spacial score (nSPS) is 14.9. The Morgan fingerprint density at radius 2 is 1.67 bits per heavy atom. The zero-order valence-electron chi connectivity index (χ0n) is 21.8. The van der Waals surface area contributed by atoms with Crippen molar-refractivity contribution in [1.82, 2.24) is 0 Å². The predicted octanol–water partition coefficient (Wildman–Crippen LogP) is 7.57. The Bertz CT molecular complexity index is 723. The number of carbonyl (C=O) groups is 1. The zero-order valence-corrected chi connectivity index (χ0v) is 24.4. The molecule has 0 aliphatic rings. The van der Waals surface area contributed by atoms with E-state index >= 15 is 0 Å². The second kappa shape index (κ2) is 20.3. The standard InChI is InChI=1S/C27H44ClO6PS/c1-3-11-23(24-13-15-25(28)16-14-24)17-20-33-26(29)27(30,35-31)34-19-10-18-32-22(2)12-8-6-4-5-7-9-21-36/h13-16,22-23,30,36H,3-12,17-21H2,1-2H3. The topological polar surface area (TPSA) is 82.1 Å². The van der Waals surface area contributed by atoms with Gasteiger partial charge in [0.2, 0.25) is 8.46 Å². The van der Waals surface area contributed by atoms with Crippen LogP contribution in [-0.4, -0.2) is 48.3 Å². The summed E-state index contributed by atoms with van der Waals surface area (Å²) in [5.74, 6) is 0.108. The first kappa shape index (κ1) is 33.3. The van der Waals surface area contributed by atoms with Crippen LogP contribution in [0.4, 0.5) is 0 Å². The van der Waals surface area contributed by atoms with Crippen LogP contribution in [0.15, 0.2) is 24.3 Å². The summed E-state index contributed by atoms with van der Waals surface area (Å²) in [6.45, 7) is 4.69. The van der Waals surface area contributed by atoms with Crippen LogP contribution in [0.25, 0.3) is 0 Å². The van der Waals surface area contributed by atoms with E-state index in [1.807, 2.05) is 31.2 Å². The summed E-state index contributed by atoms with van der Waals surface area (Å²) < 4.78 is 27.7. The second-order valence-corrected chi connectivity index (χ2v) is 10.9. The number of aliphatic hydroxyl groups is 1. The lowest BCUT2D eigenvalue weighted by Gasteiger charge is -2.21. The number of benzene rings is 1. The van der Waals surface area contributed by atoms with Gasteiger partial charge in [-0.1, -0.05) is 69.2 Å². The molecule has 0 saturated carbocycles. The number of hydrogen-bond donors (Lipinski definition) is 2. The molecule has 0 aliphatic heterocycles. The van der Waals surface area contributed by atoms with Crippen molar-refractivity contribution < 1.29 is 28.7 Å². The summed E-state index contributed by atoms with van der Waals surface area (Å²) in [6, 6.07) is 7.61. The first-order chi connectivity index (χ1) is 17.4. The van der Waals surface area contributed by atoms with Gasteiger partial charge in [0, 0.05) is 11.6 Å². The van der Waals surface area contributed by atoms with Crippen LogP contribution < -0.4 is 0 Å². The van der Waals surface area contributed by atoms with Gasteiger partial charge in [-0.05, 0) is 68.4 Å². The maximum absolute atomic E-state index is 12.4. The van der Waals surface area contributed by atoms with Gasteiger partial charge in [-0.3, -0.25) is 4.57 Å². The molecule has 1 rings (SSSR count). The molecule has 0 heterocycles. The molecule has 0 aliphatic carbocycles. The number of unbranched alkanes of at least 4 members (excludes halogenated alkanes) is 5. The van der Waals surface area contributed by atoms with E-state index in [1.165, 1.54) is 32.1 Å². The predicted molar refractivity (Wildman–Crippen MR) is 149 cm³/mol. The second-order valence-electron chi connectivity index (χ2n) is 9.18. The quantitative estimate of drug-likeness (QED) is 0.0498. The van der Waals surface area contributed by atoms with Crippen LogP contribution >= 0.6 is 32.7 Å². The van der Waals surface area contributed by atoms with E-state index in [1.54, 1.807) is 0 Å². The van der Waals surface area contributed by atoms with E-state index in [9.17, 15) is 14.5 Å². The lowest BCUT2D eigenvalue weighted by Crippen LogP contribution is -2.38. The van der Waals surface area contributed by atoms with Gasteiger partial charge in [0.05, 0.1) is 19.3 Å². The van der Waals surface area contributed by atoms with E-state index in [4.69, 9.17) is 25.8 Å². The van der Waals surface area contributed by atoms with E-state index in [2.05, 4.69) is 19.6 Å². The largest absolute Gasteiger partial charge is 0.461 e. The third-order valence-electron chi connectivity index (χ3n) is 6.08. The Hall–Kier alpha value is -0.690. The Balaban J connectivity index is 2.27. The van der Waals surface area contributed by atoms with Crippen molar-refractivity contribution in [3.05, 3.63) is 34.9 Å². The van der Waals surface area contributed by atoms with Crippen molar-refractivity contribution in [3.8, 4) is 0 Å².